The van der Waals surface area contributed by atoms with E-state index in [1.54, 1.807) is 0 Å². The normalized spacial score (nSPS) is 12.5. The predicted molar refractivity (Wildman–Crippen MR) is 81.6 cm³/mol. The lowest BCUT2D eigenvalue weighted by molar-refractivity contribution is -0.121. The molecule has 0 aromatic heterocycles. The summed E-state index contributed by atoms with van der Waals surface area (Å²) in [6, 6.07) is 8.28. The number of aryl methyl sites for hydroxylation is 2. The van der Waals surface area contributed by atoms with E-state index in [0.717, 1.165) is 12.8 Å². The first-order valence-corrected chi connectivity index (χ1v) is 7.46. The lowest BCUT2D eigenvalue weighted by Crippen LogP contribution is -2.37. The zero-order valence-electron chi connectivity index (χ0n) is 12.1. The van der Waals surface area contributed by atoms with Gasteiger partial charge in [-0.3, -0.25) is 4.79 Å². The number of benzene rings is 1. The number of hydrogen-bond acceptors (Lipinski definition) is 1. The molecule has 0 aliphatic heterocycles. The van der Waals surface area contributed by atoms with Crippen molar-refractivity contribution in [2.24, 2.45) is 5.92 Å². The van der Waals surface area contributed by atoms with Crippen molar-refractivity contribution in [2.75, 3.05) is 5.88 Å². The average molecular weight is 282 g/mol. The first kappa shape index (κ1) is 16.0. The molecule has 0 aliphatic carbocycles. The van der Waals surface area contributed by atoms with Crippen molar-refractivity contribution < 1.29 is 4.79 Å². The summed E-state index contributed by atoms with van der Waals surface area (Å²) >= 11 is 5.88. The van der Waals surface area contributed by atoms with Crippen molar-refractivity contribution in [3.05, 3.63) is 35.4 Å². The van der Waals surface area contributed by atoms with E-state index >= 15 is 0 Å². The number of nitrogens with one attached hydrogen (secondary N) is 1. The minimum atomic E-state index is 0.0889. The van der Waals surface area contributed by atoms with Gasteiger partial charge in [0.25, 0.3) is 0 Å². The second-order valence-corrected chi connectivity index (χ2v) is 5.78. The summed E-state index contributed by atoms with van der Waals surface area (Å²) in [6.07, 6.45) is 2.24. The fraction of sp³-hybridized carbons (Fsp3) is 0.562. The number of halogens is 1. The fourth-order valence-corrected chi connectivity index (χ4v) is 2.37. The van der Waals surface area contributed by atoms with Crippen molar-refractivity contribution in [2.45, 2.75) is 46.1 Å². The lowest BCUT2D eigenvalue weighted by atomic mass is 10.0. The van der Waals surface area contributed by atoms with Gasteiger partial charge in [0.2, 0.25) is 5.91 Å². The van der Waals surface area contributed by atoms with E-state index < -0.39 is 0 Å². The first-order valence-electron chi connectivity index (χ1n) is 6.92. The highest BCUT2D eigenvalue weighted by Crippen LogP contribution is 2.10. The number of carbonyl (C=O) groups is 1. The SMILES string of the molecule is Cc1ccccc1CCC(=O)NC(CCl)CC(C)C. The number of carbonyl (C=O) groups excluding carboxylic acids is 1. The summed E-state index contributed by atoms with van der Waals surface area (Å²) in [6.45, 7) is 6.35. The molecule has 19 heavy (non-hydrogen) atoms. The van der Waals surface area contributed by atoms with E-state index in [9.17, 15) is 4.79 Å². The molecule has 1 rings (SSSR count). The van der Waals surface area contributed by atoms with Gasteiger partial charge in [0, 0.05) is 18.3 Å². The van der Waals surface area contributed by atoms with E-state index in [-0.39, 0.29) is 11.9 Å². The Labute approximate surface area is 121 Å². The number of rotatable bonds is 7. The van der Waals surface area contributed by atoms with Gasteiger partial charge in [-0.25, -0.2) is 0 Å². The van der Waals surface area contributed by atoms with Crippen LogP contribution in [0.1, 0.15) is 37.8 Å². The second-order valence-electron chi connectivity index (χ2n) is 5.47. The zero-order valence-corrected chi connectivity index (χ0v) is 12.8. The molecule has 0 spiro atoms. The number of hydrogen-bond donors (Lipinski definition) is 1. The Morgan fingerprint density at radius 3 is 2.58 bits per heavy atom. The lowest BCUT2D eigenvalue weighted by Gasteiger charge is -2.18. The minimum absolute atomic E-state index is 0.0889. The Bertz CT molecular complexity index is 403. The molecule has 3 heteroatoms. The Morgan fingerprint density at radius 1 is 1.32 bits per heavy atom. The minimum Gasteiger partial charge on any atom is -0.352 e. The monoisotopic (exact) mass is 281 g/mol. The van der Waals surface area contributed by atoms with E-state index in [1.165, 1.54) is 11.1 Å². The summed E-state index contributed by atoms with van der Waals surface area (Å²) in [7, 11) is 0. The van der Waals surface area contributed by atoms with E-state index in [4.69, 9.17) is 11.6 Å². The third-order valence-corrected chi connectivity index (χ3v) is 3.56. The molecular weight excluding hydrogens is 258 g/mol. The molecule has 1 aromatic carbocycles. The van der Waals surface area contributed by atoms with Crippen molar-refractivity contribution in [1.82, 2.24) is 5.32 Å². The van der Waals surface area contributed by atoms with Crippen LogP contribution in [0.15, 0.2) is 24.3 Å². The van der Waals surface area contributed by atoms with Crippen LogP contribution in [0.2, 0.25) is 0 Å². The molecule has 2 nitrogen and oxygen atoms in total. The van der Waals surface area contributed by atoms with Gasteiger partial charge in [-0.05, 0) is 36.8 Å². The van der Waals surface area contributed by atoms with Crippen molar-refractivity contribution in [3.63, 3.8) is 0 Å². The molecule has 0 aliphatic rings. The molecule has 0 heterocycles. The van der Waals surface area contributed by atoms with Gasteiger partial charge >= 0.3 is 0 Å². The maximum Gasteiger partial charge on any atom is 0.220 e. The molecule has 1 N–H and O–H groups in total. The summed E-state index contributed by atoms with van der Waals surface area (Å²) < 4.78 is 0. The molecule has 0 saturated carbocycles. The number of alkyl halides is 1. The highest BCUT2D eigenvalue weighted by atomic mass is 35.5. The van der Waals surface area contributed by atoms with Crippen LogP contribution in [0.4, 0.5) is 0 Å². The average Bonchev–Trinajstić information content (AvgIpc) is 2.36. The Morgan fingerprint density at radius 2 is 2.00 bits per heavy atom. The van der Waals surface area contributed by atoms with Crippen LogP contribution in [0.25, 0.3) is 0 Å². The van der Waals surface area contributed by atoms with Crippen molar-refractivity contribution in [1.29, 1.82) is 0 Å². The molecule has 0 fully saturated rings. The van der Waals surface area contributed by atoms with Crippen molar-refractivity contribution in [3.8, 4) is 0 Å². The molecule has 1 atom stereocenters. The molecule has 0 saturated heterocycles. The van der Waals surface area contributed by atoms with Gasteiger partial charge in [0.15, 0.2) is 0 Å². The molecule has 1 aromatic rings. The fourth-order valence-electron chi connectivity index (χ4n) is 2.17. The zero-order chi connectivity index (χ0) is 14.3. The highest BCUT2D eigenvalue weighted by molar-refractivity contribution is 6.18. The molecule has 1 amide bonds. The standard InChI is InChI=1S/C16H24ClNO/c1-12(2)10-15(11-17)18-16(19)9-8-14-7-5-4-6-13(14)3/h4-7,12,15H,8-11H2,1-3H3,(H,18,19). The van der Waals surface area contributed by atoms with Crippen LogP contribution in [-0.2, 0) is 11.2 Å². The second kappa shape index (κ2) is 8.21. The van der Waals surface area contributed by atoms with Gasteiger partial charge < -0.3 is 5.32 Å². The molecule has 1 unspecified atom stereocenters. The Hall–Kier alpha value is -1.02. The van der Waals surface area contributed by atoms with E-state index in [1.807, 2.05) is 12.1 Å². The van der Waals surface area contributed by atoms with Gasteiger partial charge in [-0.15, -0.1) is 11.6 Å². The summed E-state index contributed by atoms with van der Waals surface area (Å²) in [5.41, 5.74) is 2.48. The van der Waals surface area contributed by atoms with Gasteiger partial charge in [-0.2, -0.15) is 0 Å². The maximum absolute atomic E-state index is 11.9. The summed E-state index contributed by atoms with van der Waals surface area (Å²) in [5.74, 6) is 1.11. The molecule has 0 radical (unpaired) electrons. The van der Waals surface area contributed by atoms with Crippen LogP contribution in [0.5, 0.6) is 0 Å². The van der Waals surface area contributed by atoms with Gasteiger partial charge in [0.1, 0.15) is 0 Å². The highest BCUT2D eigenvalue weighted by Gasteiger charge is 2.13. The smallest absolute Gasteiger partial charge is 0.220 e. The molecule has 106 valence electrons. The summed E-state index contributed by atoms with van der Waals surface area (Å²) in [4.78, 5) is 11.9. The van der Waals surface area contributed by atoms with E-state index in [0.29, 0.717) is 18.2 Å². The van der Waals surface area contributed by atoms with Crippen LogP contribution in [0.3, 0.4) is 0 Å². The molecular formula is C16H24ClNO. The van der Waals surface area contributed by atoms with Crippen LogP contribution in [-0.4, -0.2) is 17.8 Å². The van der Waals surface area contributed by atoms with Gasteiger partial charge in [-0.1, -0.05) is 38.1 Å². The quantitative estimate of drug-likeness (QED) is 0.759. The van der Waals surface area contributed by atoms with Crippen LogP contribution in [0, 0.1) is 12.8 Å². The first-order chi connectivity index (χ1) is 9.02. The van der Waals surface area contributed by atoms with Crippen LogP contribution >= 0.6 is 11.6 Å². The third kappa shape index (κ3) is 6.11. The predicted octanol–water partition coefficient (Wildman–Crippen LogP) is 3.70. The molecule has 0 bridgehead atoms. The Balaban J connectivity index is 2.41. The largest absolute Gasteiger partial charge is 0.352 e. The van der Waals surface area contributed by atoms with Crippen LogP contribution < -0.4 is 5.32 Å². The van der Waals surface area contributed by atoms with Gasteiger partial charge in [0.05, 0.1) is 0 Å². The Kier molecular flexibility index (Phi) is 6.93. The third-order valence-electron chi connectivity index (χ3n) is 3.19. The van der Waals surface area contributed by atoms with Crippen molar-refractivity contribution >= 4 is 17.5 Å². The number of amides is 1. The van der Waals surface area contributed by atoms with E-state index in [2.05, 4.69) is 38.2 Å². The topological polar surface area (TPSA) is 29.1 Å². The summed E-state index contributed by atoms with van der Waals surface area (Å²) in [5, 5.41) is 3.02. The maximum atomic E-state index is 11.9.